The summed E-state index contributed by atoms with van der Waals surface area (Å²) < 4.78 is 13.7. The first-order chi connectivity index (χ1) is 10.1. The van der Waals surface area contributed by atoms with Crippen molar-refractivity contribution in [3.8, 4) is 0 Å². The van der Waals surface area contributed by atoms with Crippen LogP contribution in [-0.4, -0.2) is 74.7 Å². The molecule has 0 heterocycles. The molecule has 22 heavy (non-hydrogen) atoms. The number of carbonyl (C=O) groups is 3. The largest absolute Gasteiger partial charge is 0.466 e. The lowest BCUT2D eigenvalue weighted by Crippen LogP contribution is -2.68. The molecule has 0 aromatic carbocycles. The summed E-state index contributed by atoms with van der Waals surface area (Å²) in [5.74, 6) is -7.91. The quantitative estimate of drug-likeness (QED) is 0.186. The molecule has 0 saturated heterocycles. The monoisotopic (exact) mass is 338 g/mol. The van der Waals surface area contributed by atoms with Crippen LogP contribution in [0.4, 0.5) is 0 Å². The Labute approximate surface area is 130 Å². The Hall–Kier alpha value is -1.49. The van der Waals surface area contributed by atoms with Crippen LogP contribution in [0.25, 0.3) is 0 Å². The summed E-state index contributed by atoms with van der Waals surface area (Å²) in [7, 11) is -0.223. The van der Waals surface area contributed by atoms with Gasteiger partial charge < -0.3 is 29.5 Å². The molecule has 0 aliphatic carbocycles. The van der Waals surface area contributed by atoms with Gasteiger partial charge in [-0.2, -0.15) is 0 Å². The summed E-state index contributed by atoms with van der Waals surface area (Å²) in [5, 5.41) is 30.4. The predicted octanol–water partition coefficient (Wildman–Crippen LogP) is -2.76. The molecule has 0 saturated carbocycles. The second kappa shape index (κ2) is 8.22. The molecule has 0 aromatic heterocycles. The van der Waals surface area contributed by atoms with Crippen molar-refractivity contribution in [1.82, 2.24) is 0 Å². The molecule has 0 bridgehead atoms. The normalized spacial score (nSPS) is 15.5. The lowest BCUT2D eigenvalue weighted by atomic mass is 9.88. The maximum atomic E-state index is 12.0. The lowest BCUT2D eigenvalue weighted by molar-refractivity contribution is -0.276. The van der Waals surface area contributed by atoms with Gasteiger partial charge in [-0.3, -0.25) is 4.79 Å². The van der Waals surface area contributed by atoms with Crippen LogP contribution in [0.15, 0.2) is 0 Å². The highest BCUT2D eigenvalue weighted by molar-refractivity contribution is 6.26. The minimum absolute atomic E-state index is 0.0558. The molecule has 0 fully saturated rings. The molecule has 2 unspecified atom stereocenters. The van der Waals surface area contributed by atoms with Crippen LogP contribution < -0.4 is 0 Å². The van der Waals surface area contributed by atoms with Gasteiger partial charge in [-0.25, -0.2) is 9.59 Å². The van der Waals surface area contributed by atoms with E-state index in [0.29, 0.717) is 0 Å². The van der Waals surface area contributed by atoms with Crippen LogP contribution in [0.3, 0.4) is 0 Å². The molecule has 2 atom stereocenters. The van der Waals surface area contributed by atoms with Gasteiger partial charge in [0, 0.05) is 10.2 Å². The van der Waals surface area contributed by atoms with Crippen LogP contribution in [0.2, 0.25) is 5.54 Å². The number of carbonyl (C=O) groups excluding carboxylic acids is 3. The van der Waals surface area contributed by atoms with Crippen molar-refractivity contribution in [3.05, 3.63) is 0 Å². The van der Waals surface area contributed by atoms with Crippen molar-refractivity contribution < 1.29 is 43.9 Å². The molecule has 10 heteroatoms. The molecular formula is C12H22O9Si. The average Bonchev–Trinajstić information content (AvgIpc) is 2.45. The maximum Gasteiger partial charge on any atom is 0.370 e. The van der Waals surface area contributed by atoms with Gasteiger partial charge in [0.2, 0.25) is 5.60 Å². The zero-order valence-corrected chi connectivity index (χ0v) is 15.0. The fourth-order valence-electron chi connectivity index (χ4n) is 1.69. The second-order valence-electron chi connectivity index (χ2n) is 4.35. The van der Waals surface area contributed by atoms with E-state index in [1.54, 1.807) is 0 Å². The van der Waals surface area contributed by atoms with Crippen LogP contribution >= 0.6 is 0 Å². The van der Waals surface area contributed by atoms with Crippen molar-refractivity contribution >= 4 is 28.2 Å². The number of esters is 3. The highest BCUT2D eigenvalue weighted by Gasteiger charge is 2.66. The smallest absolute Gasteiger partial charge is 0.370 e. The molecule has 0 spiro atoms. The summed E-state index contributed by atoms with van der Waals surface area (Å²) in [4.78, 5) is 35.5. The first-order valence-corrected chi connectivity index (χ1v) is 7.94. The Morgan fingerprint density at radius 1 is 0.909 bits per heavy atom. The van der Waals surface area contributed by atoms with Crippen LogP contribution in [-0.2, 0) is 28.6 Å². The van der Waals surface area contributed by atoms with Gasteiger partial charge in [0.25, 0.3) is 0 Å². The second-order valence-corrected chi connectivity index (χ2v) is 5.51. The van der Waals surface area contributed by atoms with Gasteiger partial charge >= 0.3 is 23.7 Å². The molecular weight excluding hydrogens is 316 g/mol. The van der Waals surface area contributed by atoms with E-state index in [1.807, 2.05) is 0 Å². The number of ether oxygens (including phenoxy) is 3. The summed E-state index contributed by atoms with van der Waals surface area (Å²) in [6.45, 7) is 3.79. The summed E-state index contributed by atoms with van der Waals surface area (Å²) in [6, 6.07) is 0. The first kappa shape index (κ1) is 20.5. The number of hydrogen-bond donors (Lipinski definition) is 3. The van der Waals surface area contributed by atoms with E-state index in [9.17, 15) is 29.7 Å². The SMILES string of the molecule is CCOC(=O)C([SiH3])C(O)(C(=O)OCC)C(O)(O)C(=O)OCC. The van der Waals surface area contributed by atoms with Gasteiger partial charge in [0.15, 0.2) is 0 Å². The zero-order valence-electron chi connectivity index (χ0n) is 13.0. The van der Waals surface area contributed by atoms with E-state index in [-0.39, 0.29) is 30.1 Å². The van der Waals surface area contributed by atoms with Gasteiger partial charge in [0.05, 0.1) is 25.4 Å². The third-order valence-electron chi connectivity index (χ3n) is 2.94. The Morgan fingerprint density at radius 2 is 1.32 bits per heavy atom. The lowest BCUT2D eigenvalue weighted by Gasteiger charge is -2.38. The molecule has 0 rings (SSSR count). The van der Waals surface area contributed by atoms with E-state index in [1.165, 1.54) is 20.8 Å². The van der Waals surface area contributed by atoms with Gasteiger partial charge in [-0.1, -0.05) is 0 Å². The van der Waals surface area contributed by atoms with E-state index >= 15 is 0 Å². The Morgan fingerprint density at radius 3 is 1.73 bits per heavy atom. The number of hydrogen-bond acceptors (Lipinski definition) is 9. The highest BCUT2D eigenvalue weighted by atomic mass is 28.1. The van der Waals surface area contributed by atoms with Crippen LogP contribution in [0.1, 0.15) is 20.8 Å². The number of rotatable bonds is 8. The molecule has 0 aliphatic rings. The minimum Gasteiger partial charge on any atom is -0.466 e. The molecule has 3 N–H and O–H groups in total. The van der Waals surface area contributed by atoms with Gasteiger partial charge in [0.1, 0.15) is 0 Å². The molecule has 0 aromatic rings. The summed E-state index contributed by atoms with van der Waals surface area (Å²) >= 11 is 0. The summed E-state index contributed by atoms with van der Waals surface area (Å²) in [5.41, 5.74) is -4.89. The first-order valence-electron chi connectivity index (χ1n) is 6.79. The van der Waals surface area contributed by atoms with E-state index in [0.717, 1.165) is 0 Å². The fraction of sp³-hybridized carbons (Fsp3) is 0.750. The van der Waals surface area contributed by atoms with Crippen molar-refractivity contribution in [1.29, 1.82) is 0 Å². The molecule has 0 aliphatic heterocycles. The zero-order chi connectivity index (χ0) is 17.6. The molecule has 0 amide bonds. The molecule has 0 radical (unpaired) electrons. The average molecular weight is 338 g/mol. The third-order valence-corrected chi connectivity index (χ3v) is 4.25. The summed E-state index contributed by atoms with van der Waals surface area (Å²) in [6.07, 6.45) is 0. The standard InChI is InChI=1S/C12H22O9Si/c1-4-19-8(13)7(22)11(16,9(14)20-5-2)12(17,18)10(15)21-6-3/h7,16-18H,4-6H2,1-3,22H3. The Balaban J connectivity index is 5.84. The van der Waals surface area contributed by atoms with E-state index in [4.69, 9.17) is 0 Å². The fourth-order valence-corrected chi connectivity index (χ4v) is 2.49. The third kappa shape index (κ3) is 3.83. The van der Waals surface area contributed by atoms with Crippen molar-refractivity contribution in [2.24, 2.45) is 0 Å². The highest BCUT2D eigenvalue weighted by Crippen LogP contribution is 2.34. The minimum atomic E-state index is -3.66. The maximum absolute atomic E-state index is 12.0. The van der Waals surface area contributed by atoms with Crippen molar-refractivity contribution in [2.75, 3.05) is 19.8 Å². The topological polar surface area (TPSA) is 140 Å². The van der Waals surface area contributed by atoms with E-state index in [2.05, 4.69) is 14.2 Å². The predicted molar refractivity (Wildman–Crippen MR) is 75.7 cm³/mol. The van der Waals surface area contributed by atoms with E-state index < -0.39 is 34.8 Å². The number of aliphatic hydroxyl groups is 3. The van der Waals surface area contributed by atoms with Crippen molar-refractivity contribution in [3.63, 3.8) is 0 Å². The van der Waals surface area contributed by atoms with Gasteiger partial charge in [-0.15, -0.1) is 0 Å². The van der Waals surface area contributed by atoms with Crippen molar-refractivity contribution in [2.45, 2.75) is 37.7 Å². The molecule has 9 nitrogen and oxygen atoms in total. The Kier molecular flexibility index (Phi) is 7.66. The molecule has 128 valence electrons. The van der Waals surface area contributed by atoms with Crippen LogP contribution in [0.5, 0.6) is 0 Å². The van der Waals surface area contributed by atoms with Crippen LogP contribution in [0, 0.1) is 0 Å². The van der Waals surface area contributed by atoms with Gasteiger partial charge in [-0.05, 0) is 20.8 Å². The Bertz CT molecular complexity index is 423.